The van der Waals surface area contributed by atoms with Gasteiger partial charge in [0.1, 0.15) is 17.7 Å². The van der Waals surface area contributed by atoms with Gasteiger partial charge in [0, 0.05) is 49.1 Å². The molecular formula is C23H19F2N7O2. The molecule has 6 rings (SSSR count). The molecule has 2 saturated heterocycles. The molecule has 1 saturated carbocycles. The maximum absolute atomic E-state index is 15.4. The first-order chi connectivity index (χ1) is 16.5. The Hall–Kier alpha value is -3.91. The number of amides is 1. The average molecular weight is 463 g/mol. The van der Waals surface area contributed by atoms with Crippen molar-refractivity contribution in [1.29, 1.82) is 5.26 Å². The highest BCUT2D eigenvalue weighted by molar-refractivity contribution is 5.90. The number of hydrogen-bond donors (Lipinski definition) is 1. The highest BCUT2D eigenvalue weighted by Gasteiger charge is 2.68. The largest absolute Gasteiger partial charge is 0.442 e. The SMILES string of the molecule is N#CC1(c2ccncc2-c2c(F)cc(N3C[C@H](Cn4ccnn4)OC3=O)cc2F)C2CNCC21. The highest BCUT2D eigenvalue weighted by atomic mass is 19.1. The smallest absolute Gasteiger partial charge is 0.414 e. The van der Waals surface area contributed by atoms with Gasteiger partial charge in [-0.2, -0.15) is 5.26 Å². The summed E-state index contributed by atoms with van der Waals surface area (Å²) in [6.45, 7) is 1.77. The lowest BCUT2D eigenvalue weighted by atomic mass is 9.86. The first-order valence-electron chi connectivity index (χ1n) is 10.9. The summed E-state index contributed by atoms with van der Waals surface area (Å²) in [5.74, 6) is -1.47. The summed E-state index contributed by atoms with van der Waals surface area (Å²) >= 11 is 0. The number of piperidine rings is 1. The van der Waals surface area contributed by atoms with E-state index in [1.807, 2.05) is 0 Å². The van der Waals surface area contributed by atoms with E-state index in [2.05, 4.69) is 26.7 Å². The van der Waals surface area contributed by atoms with Crippen LogP contribution in [0.2, 0.25) is 0 Å². The van der Waals surface area contributed by atoms with Crippen molar-refractivity contribution >= 4 is 11.8 Å². The summed E-state index contributed by atoms with van der Waals surface area (Å²) in [6, 6.07) is 6.32. The first kappa shape index (κ1) is 20.7. The molecule has 2 aromatic heterocycles. The van der Waals surface area contributed by atoms with E-state index < -0.39 is 29.2 Å². The normalized spacial score (nSPS) is 27.4. The van der Waals surface area contributed by atoms with E-state index in [4.69, 9.17) is 4.74 Å². The molecule has 172 valence electrons. The molecule has 3 atom stereocenters. The molecule has 4 heterocycles. The predicted octanol–water partition coefficient (Wildman–Crippen LogP) is 2.25. The number of aromatic nitrogens is 4. The Morgan fingerprint density at radius 1 is 1.24 bits per heavy atom. The summed E-state index contributed by atoms with van der Waals surface area (Å²) in [5.41, 5.74) is -0.147. The van der Waals surface area contributed by atoms with Gasteiger partial charge >= 0.3 is 6.09 Å². The van der Waals surface area contributed by atoms with E-state index in [0.29, 0.717) is 18.7 Å². The monoisotopic (exact) mass is 463 g/mol. The molecule has 1 aliphatic carbocycles. The Morgan fingerprint density at radius 3 is 2.68 bits per heavy atom. The lowest BCUT2D eigenvalue weighted by molar-refractivity contribution is 0.129. The molecule has 3 fully saturated rings. The summed E-state index contributed by atoms with van der Waals surface area (Å²) in [4.78, 5) is 17.7. The Bertz CT molecular complexity index is 1290. The van der Waals surface area contributed by atoms with Gasteiger partial charge in [-0.25, -0.2) is 18.3 Å². The standard InChI is InChI=1S/C23H19F2N7O2/c24-19-5-13(32-11-14(34-22(32)33)10-31-4-3-29-30-31)6-20(25)21(19)15-7-27-2-1-16(15)23(12-26)17-8-28-9-18(17)23/h1-7,14,17-18,28H,8-11H2/t14-,17?,18?,23?/m0/s1. The number of nitriles is 1. The zero-order valence-electron chi connectivity index (χ0n) is 17.9. The van der Waals surface area contributed by atoms with Crippen LogP contribution in [-0.4, -0.2) is 51.8 Å². The van der Waals surface area contributed by atoms with Crippen molar-refractivity contribution in [2.24, 2.45) is 11.8 Å². The van der Waals surface area contributed by atoms with Gasteiger partial charge in [0.05, 0.1) is 42.0 Å². The van der Waals surface area contributed by atoms with Crippen LogP contribution in [0.5, 0.6) is 0 Å². The van der Waals surface area contributed by atoms with E-state index in [-0.39, 0.29) is 41.7 Å². The van der Waals surface area contributed by atoms with Crippen LogP contribution in [-0.2, 0) is 16.7 Å². The van der Waals surface area contributed by atoms with Crippen molar-refractivity contribution in [3.05, 3.63) is 60.2 Å². The van der Waals surface area contributed by atoms with Gasteiger partial charge < -0.3 is 10.1 Å². The molecule has 0 bridgehead atoms. The number of fused-ring (bicyclic) bond motifs is 1. The summed E-state index contributed by atoms with van der Waals surface area (Å²) in [5, 5.41) is 20.8. The molecule has 1 amide bonds. The number of carbonyl (C=O) groups is 1. The third kappa shape index (κ3) is 2.99. The topological polar surface area (TPSA) is 109 Å². The second kappa shape index (κ2) is 7.56. The van der Waals surface area contributed by atoms with Crippen LogP contribution in [0.25, 0.3) is 11.1 Å². The Kier molecular flexibility index (Phi) is 4.60. The van der Waals surface area contributed by atoms with Crippen LogP contribution in [0.15, 0.2) is 43.0 Å². The van der Waals surface area contributed by atoms with E-state index in [9.17, 15) is 10.1 Å². The average Bonchev–Trinajstić information content (AvgIpc) is 3.34. The maximum atomic E-state index is 15.4. The van der Waals surface area contributed by atoms with Gasteiger partial charge in [-0.3, -0.25) is 9.88 Å². The molecule has 3 aromatic rings. The minimum Gasteiger partial charge on any atom is -0.442 e. The van der Waals surface area contributed by atoms with Crippen molar-refractivity contribution < 1.29 is 18.3 Å². The van der Waals surface area contributed by atoms with Gasteiger partial charge in [-0.1, -0.05) is 5.21 Å². The molecule has 0 radical (unpaired) electrons. The fourth-order valence-electron chi connectivity index (χ4n) is 5.46. The fraction of sp³-hybridized carbons (Fsp3) is 0.348. The minimum absolute atomic E-state index is 0.0535. The lowest BCUT2D eigenvalue weighted by Crippen LogP contribution is -2.26. The molecule has 1 N–H and O–H groups in total. The molecule has 11 heteroatoms. The molecule has 0 spiro atoms. The quantitative estimate of drug-likeness (QED) is 0.618. The number of cyclic esters (lactones) is 1. The number of anilines is 1. The zero-order chi connectivity index (χ0) is 23.4. The second-order valence-corrected chi connectivity index (χ2v) is 8.80. The summed E-state index contributed by atoms with van der Waals surface area (Å²) in [7, 11) is 0. The number of benzene rings is 1. The van der Waals surface area contributed by atoms with E-state index in [1.165, 1.54) is 22.0 Å². The minimum atomic E-state index is -0.839. The second-order valence-electron chi connectivity index (χ2n) is 8.80. The van der Waals surface area contributed by atoms with Gasteiger partial charge in [0.25, 0.3) is 0 Å². The molecular weight excluding hydrogens is 444 g/mol. The van der Waals surface area contributed by atoms with Crippen LogP contribution in [0, 0.1) is 34.8 Å². The number of nitrogens with one attached hydrogen (secondary N) is 1. The number of nitrogens with zero attached hydrogens (tertiary/aromatic N) is 6. The third-order valence-corrected chi connectivity index (χ3v) is 7.07. The Balaban J connectivity index is 1.33. The number of halogens is 2. The van der Waals surface area contributed by atoms with E-state index in [1.54, 1.807) is 18.5 Å². The predicted molar refractivity (Wildman–Crippen MR) is 114 cm³/mol. The van der Waals surface area contributed by atoms with Crippen LogP contribution >= 0.6 is 0 Å². The number of pyridine rings is 1. The third-order valence-electron chi connectivity index (χ3n) is 7.07. The van der Waals surface area contributed by atoms with Crippen LogP contribution in [0.1, 0.15) is 5.56 Å². The van der Waals surface area contributed by atoms with Gasteiger partial charge in [0.15, 0.2) is 0 Å². The number of carbonyl (C=O) groups excluding carboxylic acids is 1. The maximum Gasteiger partial charge on any atom is 0.414 e. The van der Waals surface area contributed by atoms with Crippen molar-refractivity contribution in [3.8, 4) is 17.2 Å². The molecule has 34 heavy (non-hydrogen) atoms. The van der Waals surface area contributed by atoms with Crippen LogP contribution < -0.4 is 10.2 Å². The van der Waals surface area contributed by atoms with Crippen LogP contribution in [0.3, 0.4) is 0 Å². The van der Waals surface area contributed by atoms with Gasteiger partial charge in [0.2, 0.25) is 0 Å². The Labute approximate surface area is 193 Å². The fourth-order valence-corrected chi connectivity index (χ4v) is 5.46. The number of rotatable bonds is 5. The van der Waals surface area contributed by atoms with E-state index >= 15 is 8.78 Å². The highest BCUT2D eigenvalue weighted by Crippen LogP contribution is 2.62. The lowest BCUT2D eigenvalue weighted by Gasteiger charge is -2.20. The molecule has 2 aliphatic heterocycles. The number of hydrogen-bond acceptors (Lipinski definition) is 7. The molecule has 3 aliphatic rings. The molecule has 2 unspecified atom stereocenters. The van der Waals surface area contributed by atoms with E-state index in [0.717, 1.165) is 12.1 Å². The first-order valence-corrected chi connectivity index (χ1v) is 10.9. The van der Waals surface area contributed by atoms with Crippen LogP contribution in [0.4, 0.5) is 19.3 Å². The van der Waals surface area contributed by atoms with Gasteiger partial charge in [-0.15, -0.1) is 5.10 Å². The van der Waals surface area contributed by atoms with Crippen molar-refractivity contribution in [1.82, 2.24) is 25.3 Å². The van der Waals surface area contributed by atoms with Crippen molar-refractivity contribution in [2.75, 3.05) is 24.5 Å². The zero-order valence-corrected chi connectivity index (χ0v) is 17.9. The molecule has 9 nitrogen and oxygen atoms in total. The number of ether oxygens (including phenoxy) is 1. The van der Waals surface area contributed by atoms with Crippen molar-refractivity contribution in [3.63, 3.8) is 0 Å². The van der Waals surface area contributed by atoms with Gasteiger partial charge in [-0.05, 0) is 23.8 Å². The van der Waals surface area contributed by atoms with Crippen molar-refractivity contribution in [2.45, 2.75) is 18.1 Å². The summed E-state index contributed by atoms with van der Waals surface area (Å²) in [6.07, 6.45) is 4.85. The molecule has 1 aromatic carbocycles. The Morgan fingerprint density at radius 2 is 2.00 bits per heavy atom. The summed E-state index contributed by atoms with van der Waals surface area (Å²) < 4.78 is 37.6.